The molecule has 4 rings (SSSR count). The van der Waals surface area contributed by atoms with Crippen molar-refractivity contribution < 1.29 is 13.2 Å². The van der Waals surface area contributed by atoms with Crippen LogP contribution in [0, 0.1) is 0 Å². The van der Waals surface area contributed by atoms with Gasteiger partial charge in [0.15, 0.2) is 15.6 Å². The van der Waals surface area contributed by atoms with Crippen LogP contribution in [0.5, 0.6) is 0 Å². The van der Waals surface area contributed by atoms with Gasteiger partial charge in [-0.15, -0.1) is 0 Å². The lowest BCUT2D eigenvalue weighted by Gasteiger charge is -2.06. The second-order valence-electron chi connectivity index (χ2n) is 5.46. The van der Waals surface area contributed by atoms with Crippen LogP contribution in [-0.4, -0.2) is 20.0 Å². The summed E-state index contributed by atoms with van der Waals surface area (Å²) in [5.41, 5.74) is 2.14. The zero-order valence-corrected chi connectivity index (χ0v) is 12.4. The van der Waals surface area contributed by atoms with Crippen molar-refractivity contribution in [2.75, 3.05) is 5.75 Å². The molecule has 1 heterocycles. The van der Waals surface area contributed by atoms with Gasteiger partial charge in [0.1, 0.15) is 5.75 Å². The molecule has 0 fully saturated rings. The monoisotopic (exact) mass is 308 g/mol. The van der Waals surface area contributed by atoms with E-state index in [0.717, 1.165) is 21.9 Å². The van der Waals surface area contributed by atoms with Gasteiger partial charge < -0.3 is 0 Å². The Hall–Kier alpha value is -2.46. The van der Waals surface area contributed by atoms with Crippen molar-refractivity contribution >= 4 is 26.4 Å². The summed E-state index contributed by atoms with van der Waals surface area (Å²) in [6.07, 6.45) is 0. The molecule has 0 saturated heterocycles. The maximum Gasteiger partial charge on any atom is 0.186 e. The standard InChI is InChI=1S/C18H12O3S/c19-17-11-22(20,21)18-8-7-15(10-16(17)18)14-6-5-12-3-1-2-4-13(12)9-14/h1-10H,11H2. The number of benzene rings is 3. The highest BCUT2D eigenvalue weighted by Gasteiger charge is 2.33. The van der Waals surface area contributed by atoms with Gasteiger partial charge in [-0.05, 0) is 40.1 Å². The largest absolute Gasteiger partial charge is 0.293 e. The minimum atomic E-state index is -3.44. The number of ketones is 1. The third-order valence-corrected chi connectivity index (χ3v) is 5.69. The lowest BCUT2D eigenvalue weighted by molar-refractivity contribution is 0.102. The van der Waals surface area contributed by atoms with Gasteiger partial charge in [0.2, 0.25) is 0 Å². The molecule has 0 bridgehead atoms. The van der Waals surface area contributed by atoms with Crippen molar-refractivity contribution in [2.24, 2.45) is 0 Å². The molecule has 22 heavy (non-hydrogen) atoms. The van der Waals surface area contributed by atoms with E-state index in [1.807, 2.05) is 42.5 Å². The fraction of sp³-hybridized carbons (Fsp3) is 0.0556. The first kappa shape index (κ1) is 13.2. The van der Waals surface area contributed by atoms with Gasteiger partial charge in [0.05, 0.1) is 4.90 Å². The number of hydrogen-bond acceptors (Lipinski definition) is 3. The number of carbonyl (C=O) groups excluding carboxylic acids is 1. The van der Waals surface area contributed by atoms with E-state index in [1.165, 1.54) is 0 Å². The van der Waals surface area contributed by atoms with Gasteiger partial charge in [-0.25, -0.2) is 8.42 Å². The average Bonchev–Trinajstić information content (AvgIpc) is 2.76. The summed E-state index contributed by atoms with van der Waals surface area (Å²) in [6.45, 7) is 0. The topological polar surface area (TPSA) is 51.2 Å². The number of rotatable bonds is 1. The smallest absolute Gasteiger partial charge is 0.186 e. The van der Waals surface area contributed by atoms with Gasteiger partial charge in [0, 0.05) is 5.56 Å². The fourth-order valence-electron chi connectivity index (χ4n) is 2.90. The first-order valence-electron chi connectivity index (χ1n) is 6.94. The molecule has 108 valence electrons. The predicted octanol–water partition coefficient (Wildman–Crippen LogP) is 3.48. The lowest BCUT2D eigenvalue weighted by Crippen LogP contribution is -2.03. The van der Waals surface area contributed by atoms with Crippen LogP contribution in [0.1, 0.15) is 10.4 Å². The minimum absolute atomic E-state index is 0.155. The molecule has 0 aromatic heterocycles. The molecular formula is C18H12O3S. The highest BCUT2D eigenvalue weighted by Crippen LogP contribution is 2.31. The van der Waals surface area contributed by atoms with Crippen molar-refractivity contribution in [2.45, 2.75) is 4.90 Å². The summed E-state index contributed by atoms with van der Waals surface area (Å²) in [5.74, 6) is -0.735. The van der Waals surface area contributed by atoms with Crippen LogP contribution in [0.15, 0.2) is 65.6 Å². The molecule has 0 amide bonds. The van der Waals surface area contributed by atoms with Crippen LogP contribution in [0.25, 0.3) is 21.9 Å². The minimum Gasteiger partial charge on any atom is -0.293 e. The number of Topliss-reactive ketones (excluding diaryl/α,β-unsaturated/α-hetero) is 1. The maximum absolute atomic E-state index is 11.9. The van der Waals surface area contributed by atoms with Crippen LogP contribution in [0.4, 0.5) is 0 Å². The number of carbonyl (C=O) groups is 1. The van der Waals surface area contributed by atoms with Crippen molar-refractivity contribution in [3.8, 4) is 11.1 Å². The molecular weight excluding hydrogens is 296 g/mol. The third-order valence-electron chi connectivity index (χ3n) is 4.02. The first-order chi connectivity index (χ1) is 10.5. The predicted molar refractivity (Wildman–Crippen MR) is 85.8 cm³/mol. The molecule has 0 saturated carbocycles. The molecule has 0 radical (unpaired) electrons. The maximum atomic E-state index is 11.9. The Morgan fingerprint density at radius 1 is 0.773 bits per heavy atom. The number of sulfone groups is 1. The van der Waals surface area contributed by atoms with E-state index < -0.39 is 15.6 Å². The van der Waals surface area contributed by atoms with Gasteiger partial charge in [0.25, 0.3) is 0 Å². The molecule has 0 atom stereocenters. The van der Waals surface area contributed by atoms with E-state index in [2.05, 4.69) is 0 Å². The fourth-order valence-corrected chi connectivity index (χ4v) is 4.33. The number of fused-ring (bicyclic) bond motifs is 2. The summed E-state index contributed by atoms with van der Waals surface area (Å²) in [4.78, 5) is 12.1. The highest BCUT2D eigenvalue weighted by molar-refractivity contribution is 7.92. The molecule has 1 aliphatic rings. The van der Waals surface area contributed by atoms with E-state index >= 15 is 0 Å². The van der Waals surface area contributed by atoms with Crippen molar-refractivity contribution in [3.05, 3.63) is 66.2 Å². The van der Waals surface area contributed by atoms with Gasteiger partial charge in [-0.3, -0.25) is 4.79 Å². The van der Waals surface area contributed by atoms with Crippen LogP contribution in [0.2, 0.25) is 0 Å². The quantitative estimate of drug-likeness (QED) is 0.691. The Bertz CT molecular complexity index is 1030. The molecule has 0 N–H and O–H groups in total. The molecule has 0 unspecified atom stereocenters. The van der Waals surface area contributed by atoms with Crippen LogP contribution >= 0.6 is 0 Å². The summed E-state index contributed by atoms with van der Waals surface area (Å²) in [6, 6.07) is 19.1. The van der Waals surface area contributed by atoms with E-state index in [9.17, 15) is 13.2 Å². The molecule has 0 aliphatic carbocycles. The highest BCUT2D eigenvalue weighted by atomic mass is 32.2. The second-order valence-corrected chi connectivity index (χ2v) is 7.41. The Morgan fingerprint density at radius 2 is 1.45 bits per heavy atom. The van der Waals surface area contributed by atoms with Crippen molar-refractivity contribution in [1.29, 1.82) is 0 Å². The normalized spacial score (nSPS) is 15.9. The van der Waals surface area contributed by atoms with Gasteiger partial charge >= 0.3 is 0 Å². The second kappa shape index (κ2) is 4.52. The Morgan fingerprint density at radius 3 is 2.27 bits per heavy atom. The first-order valence-corrected chi connectivity index (χ1v) is 8.59. The summed E-state index contributed by atoms with van der Waals surface area (Å²) in [7, 11) is -3.44. The van der Waals surface area contributed by atoms with E-state index in [-0.39, 0.29) is 10.7 Å². The van der Waals surface area contributed by atoms with Crippen LogP contribution in [0.3, 0.4) is 0 Å². The summed E-state index contributed by atoms with van der Waals surface area (Å²) >= 11 is 0. The molecule has 3 nitrogen and oxygen atoms in total. The zero-order valence-electron chi connectivity index (χ0n) is 11.6. The zero-order chi connectivity index (χ0) is 15.3. The summed E-state index contributed by atoms with van der Waals surface area (Å²) in [5, 5.41) is 2.26. The van der Waals surface area contributed by atoms with E-state index in [1.54, 1.807) is 18.2 Å². The molecule has 3 aromatic rings. The number of hydrogen-bond donors (Lipinski definition) is 0. The van der Waals surface area contributed by atoms with Crippen LogP contribution in [-0.2, 0) is 9.84 Å². The van der Waals surface area contributed by atoms with E-state index in [4.69, 9.17) is 0 Å². The Balaban J connectivity index is 1.90. The van der Waals surface area contributed by atoms with Crippen molar-refractivity contribution in [1.82, 2.24) is 0 Å². The van der Waals surface area contributed by atoms with Crippen molar-refractivity contribution in [3.63, 3.8) is 0 Å². The van der Waals surface area contributed by atoms with E-state index in [0.29, 0.717) is 5.56 Å². The van der Waals surface area contributed by atoms with Gasteiger partial charge in [-0.2, -0.15) is 0 Å². The summed E-state index contributed by atoms with van der Waals surface area (Å²) < 4.78 is 23.7. The van der Waals surface area contributed by atoms with Gasteiger partial charge in [-0.1, -0.05) is 42.5 Å². The molecule has 3 aromatic carbocycles. The lowest BCUT2D eigenvalue weighted by atomic mass is 9.99. The Labute approximate surface area is 128 Å². The third kappa shape index (κ3) is 1.96. The SMILES string of the molecule is O=C1CS(=O)(=O)c2ccc(-c3ccc4ccccc4c3)cc21. The average molecular weight is 308 g/mol. The Kier molecular flexibility index (Phi) is 2.71. The molecule has 0 spiro atoms. The molecule has 1 aliphatic heterocycles. The van der Waals surface area contributed by atoms with Crippen LogP contribution < -0.4 is 0 Å². The molecule has 4 heteroatoms.